The van der Waals surface area contributed by atoms with Crippen molar-refractivity contribution in [2.24, 2.45) is 0 Å². The number of nitrogens with zero attached hydrogens (tertiary/aromatic N) is 1. The lowest BCUT2D eigenvalue weighted by atomic mass is 9.95. The molecule has 0 spiro atoms. The van der Waals surface area contributed by atoms with Crippen LogP contribution in [0.4, 0.5) is 0 Å². The van der Waals surface area contributed by atoms with Gasteiger partial charge >= 0.3 is 5.97 Å². The Bertz CT molecular complexity index is 791. The second kappa shape index (κ2) is 5.25. The van der Waals surface area contributed by atoms with Crippen LogP contribution in [0.15, 0.2) is 59.1 Å². The van der Waals surface area contributed by atoms with Crippen LogP contribution >= 0.6 is 0 Å². The summed E-state index contributed by atoms with van der Waals surface area (Å²) in [5.74, 6) is -0.730. The molecule has 0 unspecified atom stereocenters. The summed E-state index contributed by atoms with van der Waals surface area (Å²) in [7, 11) is 0. The van der Waals surface area contributed by atoms with E-state index >= 15 is 0 Å². The highest BCUT2D eigenvalue weighted by atomic mass is 16.5. The average Bonchev–Trinajstić information content (AvgIpc) is 2.90. The van der Waals surface area contributed by atoms with Gasteiger partial charge in [-0.25, -0.2) is 4.79 Å². The monoisotopic (exact) mass is 279 g/mol. The first-order valence-corrected chi connectivity index (χ1v) is 6.53. The van der Waals surface area contributed by atoms with Gasteiger partial charge in [0.05, 0.1) is 0 Å². The van der Waals surface area contributed by atoms with E-state index in [1.807, 2.05) is 54.6 Å². The number of carboxylic acid groups (broad SMARTS) is 1. The maximum atomic E-state index is 11.4. The summed E-state index contributed by atoms with van der Waals surface area (Å²) in [6, 6.07) is 17.4. The minimum absolute atomic E-state index is 0.110. The second-order valence-electron chi connectivity index (χ2n) is 4.68. The number of carbonyl (C=O) groups is 1. The van der Waals surface area contributed by atoms with Crippen LogP contribution in [0.25, 0.3) is 22.4 Å². The maximum Gasteiger partial charge on any atom is 0.341 e. The van der Waals surface area contributed by atoms with Gasteiger partial charge in [0.15, 0.2) is 0 Å². The SMILES string of the molecule is Cc1onc(-c2ccccc2-c2ccccc2)c1C(=O)O. The Morgan fingerprint density at radius 2 is 1.62 bits per heavy atom. The Kier molecular flexibility index (Phi) is 3.28. The molecule has 3 aromatic rings. The fourth-order valence-electron chi connectivity index (χ4n) is 2.37. The largest absolute Gasteiger partial charge is 0.477 e. The lowest BCUT2D eigenvalue weighted by molar-refractivity contribution is 0.0696. The first-order chi connectivity index (χ1) is 10.2. The zero-order valence-corrected chi connectivity index (χ0v) is 11.4. The van der Waals surface area contributed by atoms with Gasteiger partial charge in [0.2, 0.25) is 0 Å². The van der Waals surface area contributed by atoms with E-state index in [4.69, 9.17) is 4.52 Å². The lowest BCUT2D eigenvalue weighted by Crippen LogP contribution is -2.00. The number of hydrogen-bond acceptors (Lipinski definition) is 3. The Hall–Kier alpha value is -2.88. The zero-order chi connectivity index (χ0) is 14.8. The third-order valence-electron chi connectivity index (χ3n) is 3.34. The number of aryl methyl sites for hydroxylation is 1. The molecule has 0 saturated heterocycles. The first-order valence-electron chi connectivity index (χ1n) is 6.53. The van der Waals surface area contributed by atoms with Crippen molar-refractivity contribution in [1.29, 1.82) is 0 Å². The lowest BCUT2D eigenvalue weighted by Gasteiger charge is -2.08. The predicted molar refractivity (Wildman–Crippen MR) is 79.1 cm³/mol. The third-order valence-corrected chi connectivity index (χ3v) is 3.34. The van der Waals surface area contributed by atoms with E-state index in [0.717, 1.165) is 16.7 Å². The van der Waals surface area contributed by atoms with Crippen LogP contribution in [0.3, 0.4) is 0 Å². The van der Waals surface area contributed by atoms with E-state index in [1.54, 1.807) is 6.92 Å². The van der Waals surface area contributed by atoms with E-state index in [-0.39, 0.29) is 5.56 Å². The van der Waals surface area contributed by atoms with Crippen molar-refractivity contribution in [3.63, 3.8) is 0 Å². The number of aromatic carboxylic acids is 1. The Labute approximate surface area is 121 Å². The molecular weight excluding hydrogens is 266 g/mol. The quantitative estimate of drug-likeness (QED) is 0.786. The number of hydrogen-bond donors (Lipinski definition) is 1. The number of carboxylic acids is 1. The van der Waals surface area contributed by atoms with Crippen LogP contribution in [-0.4, -0.2) is 16.2 Å². The highest BCUT2D eigenvalue weighted by Crippen LogP contribution is 2.34. The van der Waals surface area contributed by atoms with Gasteiger partial charge in [-0.05, 0) is 18.1 Å². The van der Waals surface area contributed by atoms with Crippen LogP contribution in [-0.2, 0) is 0 Å². The van der Waals surface area contributed by atoms with Crippen molar-refractivity contribution >= 4 is 5.97 Å². The van der Waals surface area contributed by atoms with E-state index in [9.17, 15) is 9.90 Å². The second-order valence-corrected chi connectivity index (χ2v) is 4.68. The van der Waals surface area contributed by atoms with Crippen LogP contribution < -0.4 is 0 Å². The van der Waals surface area contributed by atoms with Crippen molar-refractivity contribution in [2.75, 3.05) is 0 Å². The molecule has 104 valence electrons. The molecule has 4 nitrogen and oxygen atoms in total. The topological polar surface area (TPSA) is 63.3 Å². The van der Waals surface area contributed by atoms with Crippen molar-refractivity contribution in [2.45, 2.75) is 6.92 Å². The predicted octanol–water partition coefficient (Wildman–Crippen LogP) is 4.02. The van der Waals surface area contributed by atoms with E-state index in [1.165, 1.54) is 0 Å². The molecule has 0 aliphatic heterocycles. The summed E-state index contributed by atoms with van der Waals surface area (Å²) in [5.41, 5.74) is 3.15. The minimum atomic E-state index is -1.04. The maximum absolute atomic E-state index is 11.4. The molecule has 0 aliphatic rings. The van der Waals surface area contributed by atoms with Gasteiger partial charge in [-0.2, -0.15) is 0 Å². The Balaban J connectivity index is 2.24. The fourth-order valence-corrected chi connectivity index (χ4v) is 2.37. The molecule has 1 N–H and O–H groups in total. The zero-order valence-electron chi connectivity index (χ0n) is 11.4. The standard InChI is InChI=1S/C17H13NO3/c1-11-15(17(19)20)16(18-21-11)14-10-6-5-9-13(14)12-7-3-2-4-8-12/h2-10H,1H3,(H,19,20). The average molecular weight is 279 g/mol. The first kappa shape index (κ1) is 13.1. The molecule has 1 heterocycles. The van der Waals surface area contributed by atoms with Gasteiger partial charge in [-0.1, -0.05) is 59.8 Å². The molecule has 0 atom stereocenters. The molecule has 3 rings (SSSR count). The van der Waals surface area contributed by atoms with Gasteiger partial charge in [0.1, 0.15) is 17.0 Å². The molecule has 0 aliphatic carbocycles. The van der Waals surface area contributed by atoms with Gasteiger partial charge < -0.3 is 9.63 Å². The van der Waals surface area contributed by atoms with E-state index in [0.29, 0.717) is 11.5 Å². The van der Waals surface area contributed by atoms with Crippen LogP contribution in [0.2, 0.25) is 0 Å². The van der Waals surface area contributed by atoms with Gasteiger partial charge in [0, 0.05) is 5.56 Å². The number of rotatable bonds is 3. The fraction of sp³-hybridized carbons (Fsp3) is 0.0588. The molecule has 1 aromatic heterocycles. The number of benzene rings is 2. The third kappa shape index (κ3) is 2.31. The van der Waals surface area contributed by atoms with Gasteiger partial charge in [-0.15, -0.1) is 0 Å². The summed E-state index contributed by atoms with van der Waals surface area (Å²) in [6.07, 6.45) is 0. The Morgan fingerprint density at radius 3 is 2.29 bits per heavy atom. The van der Waals surface area contributed by atoms with Gasteiger partial charge in [0.25, 0.3) is 0 Å². The molecule has 0 fully saturated rings. The summed E-state index contributed by atoms with van der Waals surface area (Å²) in [4.78, 5) is 11.4. The molecule has 0 saturated carbocycles. The van der Waals surface area contributed by atoms with Crippen molar-refractivity contribution < 1.29 is 14.4 Å². The molecule has 0 bridgehead atoms. The molecule has 0 radical (unpaired) electrons. The molecule has 0 amide bonds. The molecule has 21 heavy (non-hydrogen) atoms. The van der Waals surface area contributed by atoms with Crippen molar-refractivity contribution in [1.82, 2.24) is 5.16 Å². The summed E-state index contributed by atoms with van der Waals surface area (Å²) < 4.78 is 5.07. The van der Waals surface area contributed by atoms with E-state index < -0.39 is 5.97 Å². The highest BCUT2D eigenvalue weighted by Gasteiger charge is 2.22. The van der Waals surface area contributed by atoms with Crippen LogP contribution in [0.1, 0.15) is 16.1 Å². The highest BCUT2D eigenvalue weighted by molar-refractivity contribution is 5.98. The van der Waals surface area contributed by atoms with E-state index in [2.05, 4.69) is 5.16 Å². The molecule has 2 aromatic carbocycles. The Morgan fingerprint density at radius 1 is 1.00 bits per heavy atom. The van der Waals surface area contributed by atoms with Gasteiger partial charge in [-0.3, -0.25) is 0 Å². The van der Waals surface area contributed by atoms with Crippen molar-refractivity contribution in [3.05, 3.63) is 65.9 Å². The summed E-state index contributed by atoms with van der Waals surface area (Å²) >= 11 is 0. The summed E-state index contributed by atoms with van der Waals surface area (Å²) in [5, 5.41) is 13.3. The normalized spacial score (nSPS) is 10.5. The van der Waals surface area contributed by atoms with Crippen LogP contribution in [0.5, 0.6) is 0 Å². The number of aromatic nitrogens is 1. The van der Waals surface area contributed by atoms with Crippen molar-refractivity contribution in [3.8, 4) is 22.4 Å². The smallest absolute Gasteiger partial charge is 0.341 e. The minimum Gasteiger partial charge on any atom is -0.477 e. The van der Waals surface area contributed by atoms with Crippen LogP contribution in [0, 0.1) is 6.92 Å². The molecule has 4 heteroatoms. The summed E-state index contributed by atoms with van der Waals surface area (Å²) in [6.45, 7) is 1.60. The molecular formula is C17H13NO3.